The van der Waals surface area contributed by atoms with E-state index >= 15 is 0 Å². The molecular weight excluding hydrogens is 240 g/mol. The maximum atomic E-state index is 5.10. The highest BCUT2D eigenvalue weighted by Crippen LogP contribution is 2.18. The Balaban J connectivity index is 2.51. The third-order valence-corrected chi connectivity index (χ3v) is 3.17. The third kappa shape index (κ3) is 4.95. The Labute approximate surface area is 106 Å². The Hall–Kier alpha value is -0.760. The second-order valence-electron chi connectivity index (χ2n) is 3.56. The van der Waals surface area contributed by atoms with Crippen LogP contribution in [0.25, 0.3) is 0 Å². The number of nitrogens with zero attached hydrogens (tertiary/aromatic N) is 3. The van der Waals surface area contributed by atoms with Crippen molar-refractivity contribution in [1.29, 1.82) is 0 Å². The zero-order chi connectivity index (χ0) is 12.5. The van der Waals surface area contributed by atoms with Gasteiger partial charge < -0.3 is 14.8 Å². The van der Waals surface area contributed by atoms with Crippen molar-refractivity contribution in [1.82, 2.24) is 14.5 Å². The van der Waals surface area contributed by atoms with Gasteiger partial charge in [-0.2, -0.15) is 0 Å². The molecule has 0 unspecified atom stereocenters. The second kappa shape index (κ2) is 8.35. The van der Waals surface area contributed by atoms with Gasteiger partial charge in [0.25, 0.3) is 0 Å². The molecule has 0 spiro atoms. The van der Waals surface area contributed by atoms with E-state index in [1.807, 2.05) is 7.05 Å². The highest BCUT2D eigenvalue weighted by atomic mass is 32.1. The molecule has 17 heavy (non-hydrogen) atoms. The Kier molecular flexibility index (Phi) is 7.02. The fourth-order valence-electron chi connectivity index (χ4n) is 1.42. The number of rotatable bonds is 9. The number of methoxy groups -OCH3 is 2. The molecule has 0 saturated carbocycles. The topological polar surface area (TPSA) is 59.5 Å². The van der Waals surface area contributed by atoms with E-state index in [-0.39, 0.29) is 0 Å². The molecule has 0 aliphatic carbocycles. The van der Waals surface area contributed by atoms with Gasteiger partial charge in [0, 0.05) is 52.4 Å². The number of anilines is 1. The van der Waals surface area contributed by atoms with Crippen LogP contribution in [0, 0.1) is 0 Å². The van der Waals surface area contributed by atoms with E-state index in [2.05, 4.69) is 19.8 Å². The molecule has 1 N–H and O–H groups in total. The molecule has 0 saturated heterocycles. The van der Waals surface area contributed by atoms with E-state index in [4.69, 9.17) is 9.47 Å². The van der Waals surface area contributed by atoms with Crippen LogP contribution in [0.1, 0.15) is 5.69 Å². The van der Waals surface area contributed by atoms with Crippen molar-refractivity contribution in [2.24, 2.45) is 0 Å². The molecule has 7 heteroatoms. The zero-order valence-electron chi connectivity index (χ0n) is 10.6. The molecule has 1 heterocycles. The maximum absolute atomic E-state index is 5.10. The summed E-state index contributed by atoms with van der Waals surface area (Å²) in [6, 6.07) is 0. The van der Waals surface area contributed by atoms with E-state index in [0.29, 0.717) is 13.2 Å². The molecule has 1 aromatic rings. The fraction of sp³-hybridized carbons (Fsp3) is 0.800. The predicted octanol–water partition coefficient (Wildman–Crippen LogP) is 0.675. The Morgan fingerprint density at radius 2 is 1.88 bits per heavy atom. The number of nitrogens with one attached hydrogen (secondary N) is 1. The molecule has 1 rings (SSSR count). The van der Waals surface area contributed by atoms with Crippen LogP contribution in [0.15, 0.2) is 0 Å². The fourth-order valence-corrected chi connectivity index (χ4v) is 1.95. The first-order valence-electron chi connectivity index (χ1n) is 5.51. The summed E-state index contributed by atoms with van der Waals surface area (Å²) in [5.41, 5.74) is 0.977. The predicted molar refractivity (Wildman–Crippen MR) is 68.5 cm³/mol. The average Bonchev–Trinajstić information content (AvgIpc) is 2.79. The molecule has 0 aromatic carbocycles. The van der Waals surface area contributed by atoms with Crippen LogP contribution in [0.2, 0.25) is 0 Å². The number of ether oxygens (including phenoxy) is 2. The molecule has 0 amide bonds. The largest absolute Gasteiger partial charge is 0.383 e. The van der Waals surface area contributed by atoms with Crippen LogP contribution >= 0.6 is 11.5 Å². The van der Waals surface area contributed by atoms with Crippen LogP contribution in [0.4, 0.5) is 5.00 Å². The van der Waals surface area contributed by atoms with Crippen molar-refractivity contribution in [3.8, 4) is 0 Å². The highest BCUT2D eigenvalue weighted by Gasteiger charge is 2.12. The second-order valence-corrected chi connectivity index (χ2v) is 4.31. The average molecular weight is 260 g/mol. The summed E-state index contributed by atoms with van der Waals surface area (Å²) in [4.78, 5) is 2.24. The summed E-state index contributed by atoms with van der Waals surface area (Å²) < 4.78 is 14.1. The van der Waals surface area contributed by atoms with Gasteiger partial charge in [-0.1, -0.05) is 4.49 Å². The summed E-state index contributed by atoms with van der Waals surface area (Å²) >= 11 is 1.38. The number of aromatic nitrogens is 2. The minimum absolute atomic E-state index is 0.705. The molecule has 0 aliphatic heterocycles. The smallest absolute Gasteiger partial charge is 0.134 e. The lowest BCUT2D eigenvalue weighted by Crippen LogP contribution is -2.30. The van der Waals surface area contributed by atoms with E-state index in [0.717, 1.165) is 30.3 Å². The number of hydrogen-bond donors (Lipinski definition) is 1. The molecule has 0 aliphatic rings. The van der Waals surface area contributed by atoms with Crippen molar-refractivity contribution in [2.45, 2.75) is 6.54 Å². The molecule has 6 nitrogen and oxygen atoms in total. The van der Waals surface area contributed by atoms with E-state index in [1.165, 1.54) is 11.5 Å². The molecule has 0 bridgehead atoms. The van der Waals surface area contributed by atoms with Crippen molar-refractivity contribution in [2.75, 3.05) is 52.9 Å². The van der Waals surface area contributed by atoms with Gasteiger partial charge in [-0.3, -0.25) is 4.90 Å². The Morgan fingerprint density at radius 3 is 2.41 bits per heavy atom. The molecule has 0 radical (unpaired) electrons. The monoisotopic (exact) mass is 260 g/mol. The molecule has 98 valence electrons. The number of hydrogen-bond acceptors (Lipinski definition) is 7. The van der Waals surface area contributed by atoms with Crippen molar-refractivity contribution < 1.29 is 9.47 Å². The van der Waals surface area contributed by atoms with Crippen LogP contribution in [-0.4, -0.2) is 62.1 Å². The lowest BCUT2D eigenvalue weighted by Gasteiger charge is -2.20. The quantitative estimate of drug-likeness (QED) is 0.704. The van der Waals surface area contributed by atoms with Gasteiger partial charge in [-0.05, 0) is 0 Å². The standard InChI is InChI=1S/C10H20N4O2S/c1-11-10-9(12-13-17-10)8-14(4-6-15-2)5-7-16-3/h11H,4-8H2,1-3H3. The van der Waals surface area contributed by atoms with Gasteiger partial charge in [0.05, 0.1) is 13.2 Å². The normalized spacial score (nSPS) is 11.1. The third-order valence-electron chi connectivity index (χ3n) is 2.38. The lowest BCUT2D eigenvalue weighted by atomic mass is 10.4. The van der Waals surface area contributed by atoms with Gasteiger partial charge in [0.1, 0.15) is 10.7 Å². The van der Waals surface area contributed by atoms with Crippen molar-refractivity contribution in [3.63, 3.8) is 0 Å². The van der Waals surface area contributed by atoms with Crippen LogP contribution in [0.5, 0.6) is 0 Å². The van der Waals surface area contributed by atoms with Gasteiger partial charge in [0.15, 0.2) is 0 Å². The van der Waals surface area contributed by atoms with E-state index in [1.54, 1.807) is 14.2 Å². The van der Waals surface area contributed by atoms with Gasteiger partial charge in [-0.15, -0.1) is 5.10 Å². The van der Waals surface area contributed by atoms with Crippen LogP contribution in [-0.2, 0) is 16.0 Å². The summed E-state index contributed by atoms with van der Waals surface area (Å²) in [6.45, 7) is 3.90. The lowest BCUT2D eigenvalue weighted by molar-refractivity contribution is 0.109. The molecule has 1 aromatic heterocycles. The van der Waals surface area contributed by atoms with Gasteiger partial charge in [-0.25, -0.2) is 0 Å². The first kappa shape index (κ1) is 14.3. The SMILES string of the molecule is CNc1snnc1CN(CCOC)CCOC. The summed E-state index contributed by atoms with van der Waals surface area (Å²) in [6.07, 6.45) is 0. The Morgan fingerprint density at radius 1 is 1.24 bits per heavy atom. The molecule has 0 atom stereocenters. The first-order valence-corrected chi connectivity index (χ1v) is 6.28. The molecule has 0 fully saturated rings. The minimum Gasteiger partial charge on any atom is -0.383 e. The van der Waals surface area contributed by atoms with E-state index < -0.39 is 0 Å². The molecular formula is C10H20N4O2S. The van der Waals surface area contributed by atoms with Crippen molar-refractivity contribution >= 4 is 16.5 Å². The summed E-state index contributed by atoms with van der Waals surface area (Å²) in [5, 5.41) is 8.24. The first-order chi connectivity index (χ1) is 8.31. The Bertz CT molecular complexity index is 300. The summed E-state index contributed by atoms with van der Waals surface area (Å²) in [5.74, 6) is 0. The highest BCUT2D eigenvalue weighted by molar-refractivity contribution is 7.10. The zero-order valence-corrected chi connectivity index (χ0v) is 11.4. The van der Waals surface area contributed by atoms with Crippen LogP contribution < -0.4 is 5.32 Å². The summed E-state index contributed by atoms with van der Waals surface area (Å²) in [7, 11) is 5.29. The van der Waals surface area contributed by atoms with Gasteiger partial charge >= 0.3 is 0 Å². The van der Waals surface area contributed by atoms with Gasteiger partial charge in [0.2, 0.25) is 0 Å². The van der Waals surface area contributed by atoms with Crippen molar-refractivity contribution in [3.05, 3.63) is 5.69 Å². The van der Waals surface area contributed by atoms with Crippen LogP contribution in [0.3, 0.4) is 0 Å². The van der Waals surface area contributed by atoms with E-state index in [9.17, 15) is 0 Å². The maximum Gasteiger partial charge on any atom is 0.134 e. The minimum atomic E-state index is 0.705.